The van der Waals surface area contributed by atoms with Gasteiger partial charge in [-0.15, -0.1) is 0 Å². The van der Waals surface area contributed by atoms with Gasteiger partial charge in [-0.05, 0) is 44.5 Å². The van der Waals surface area contributed by atoms with Crippen LogP contribution in [0.1, 0.15) is 18.9 Å². The highest BCUT2D eigenvalue weighted by Gasteiger charge is 2.40. The Morgan fingerprint density at radius 2 is 2.19 bits per heavy atom. The Hall–Kier alpha value is -1.59. The van der Waals surface area contributed by atoms with Crippen LogP contribution in [0.15, 0.2) is 18.2 Å². The summed E-state index contributed by atoms with van der Waals surface area (Å²) in [6, 6.07) is 5.32. The Kier molecular flexibility index (Phi) is 4.54. The highest BCUT2D eigenvalue weighted by Crippen LogP contribution is 2.30. The van der Waals surface area contributed by atoms with Crippen LogP contribution in [-0.4, -0.2) is 41.5 Å². The van der Waals surface area contributed by atoms with Gasteiger partial charge in [0.25, 0.3) is 0 Å². The second-order valence-electron chi connectivity index (χ2n) is 5.83. The molecule has 114 valence electrons. The van der Waals surface area contributed by atoms with Gasteiger partial charge in [-0.3, -0.25) is 14.5 Å². The Morgan fingerprint density at radius 1 is 1.48 bits per heavy atom. The highest BCUT2D eigenvalue weighted by atomic mass is 35.5. The zero-order valence-corrected chi connectivity index (χ0v) is 12.9. The van der Waals surface area contributed by atoms with Crippen molar-refractivity contribution < 1.29 is 14.7 Å². The molecule has 1 aromatic carbocycles. The summed E-state index contributed by atoms with van der Waals surface area (Å²) < 4.78 is 0. The largest absolute Gasteiger partial charge is 0.481 e. The first-order valence-electron chi connectivity index (χ1n) is 6.82. The van der Waals surface area contributed by atoms with E-state index in [9.17, 15) is 14.7 Å². The molecule has 1 unspecified atom stereocenters. The van der Waals surface area contributed by atoms with Gasteiger partial charge in [0.15, 0.2) is 0 Å². The number of nitrogens with zero attached hydrogens (tertiary/aromatic N) is 1. The Balaban J connectivity index is 1.94. The molecular formula is C15H19ClN2O3. The van der Waals surface area contributed by atoms with Crippen LogP contribution < -0.4 is 5.32 Å². The third-order valence-corrected chi connectivity index (χ3v) is 4.14. The van der Waals surface area contributed by atoms with E-state index in [0.29, 0.717) is 30.2 Å². The molecule has 1 heterocycles. The topological polar surface area (TPSA) is 69.6 Å². The van der Waals surface area contributed by atoms with Crippen molar-refractivity contribution in [2.75, 3.05) is 25.0 Å². The van der Waals surface area contributed by atoms with Crippen molar-refractivity contribution in [2.24, 2.45) is 5.41 Å². The molecule has 2 rings (SSSR count). The maximum Gasteiger partial charge on any atom is 0.310 e. The zero-order valence-electron chi connectivity index (χ0n) is 12.1. The molecule has 0 bridgehead atoms. The second kappa shape index (κ2) is 6.03. The van der Waals surface area contributed by atoms with E-state index in [1.54, 1.807) is 19.1 Å². The fourth-order valence-electron chi connectivity index (χ4n) is 2.49. The van der Waals surface area contributed by atoms with Crippen molar-refractivity contribution in [1.29, 1.82) is 0 Å². The molecular weight excluding hydrogens is 292 g/mol. The first-order valence-corrected chi connectivity index (χ1v) is 7.20. The summed E-state index contributed by atoms with van der Waals surface area (Å²) in [5.41, 5.74) is 0.865. The number of benzene rings is 1. The van der Waals surface area contributed by atoms with Crippen LogP contribution >= 0.6 is 11.6 Å². The average molecular weight is 311 g/mol. The van der Waals surface area contributed by atoms with Crippen molar-refractivity contribution >= 4 is 29.2 Å². The van der Waals surface area contributed by atoms with Crippen LogP contribution in [0.25, 0.3) is 0 Å². The SMILES string of the molecule is Cc1ccc(Cl)cc1NC(=O)CN1CCC(C)(C(=O)O)C1. The minimum Gasteiger partial charge on any atom is -0.481 e. The number of amides is 1. The number of rotatable bonds is 4. The monoisotopic (exact) mass is 310 g/mol. The number of aryl methyl sites for hydroxylation is 1. The third kappa shape index (κ3) is 3.74. The molecule has 2 N–H and O–H groups in total. The van der Waals surface area contributed by atoms with Gasteiger partial charge in [0.1, 0.15) is 0 Å². The summed E-state index contributed by atoms with van der Waals surface area (Å²) in [6.45, 7) is 4.81. The molecule has 1 aromatic rings. The molecule has 1 aliphatic rings. The van der Waals surface area contributed by atoms with Gasteiger partial charge in [-0.2, -0.15) is 0 Å². The predicted molar refractivity (Wildman–Crippen MR) is 81.6 cm³/mol. The number of anilines is 1. The quantitative estimate of drug-likeness (QED) is 0.896. The number of carboxylic acid groups (broad SMARTS) is 1. The molecule has 0 aromatic heterocycles. The van der Waals surface area contributed by atoms with Gasteiger partial charge in [-0.25, -0.2) is 0 Å². The normalized spacial score (nSPS) is 22.2. The molecule has 6 heteroatoms. The van der Waals surface area contributed by atoms with Gasteiger partial charge in [0.2, 0.25) is 5.91 Å². The van der Waals surface area contributed by atoms with E-state index < -0.39 is 11.4 Å². The lowest BCUT2D eigenvalue weighted by Gasteiger charge is -2.19. The van der Waals surface area contributed by atoms with Crippen LogP contribution in [0.3, 0.4) is 0 Å². The van der Waals surface area contributed by atoms with E-state index in [2.05, 4.69) is 5.32 Å². The van der Waals surface area contributed by atoms with E-state index in [1.807, 2.05) is 17.9 Å². The van der Waals surface area contributed by atoms with Crippen LogP contribution in [0, 0.1) is 12.3 Å². The third-order valence-electron chi connectivity index (χ3n) is 3.91. The number of likely N-dealkylation sites (tertiary alicyclic amines) is 1. The summed E-state index contributed by atoms with van der Waals surface area (Å²) in [6.07, 6.45) is 0.561. The number of hydrogen-bond donors (Lipinski definition) is 2. The molecule has 0 spiro atoms. The van der Waals surface area contributed by atoms with Gasteiger partial charge >= 0.3 is 5.97 Å². The van der Waals surface area contributed by atoms with Crippen LogP contribution in [-0.2, 0) is 9.59 Å². The maximum atomic E-state index is 12.1. The molecule has 5 nitrogen and oxygen atoms in total. The molecule has 1 amide bonds. The number of carbonyl (C=O) groups is 2. The Bertz CT molecular complexity index is 576. The molecule has 0 aliphatic carbocycles. The number of nitrogens with one attached hydrogen (secondary N) is 1. The second-order valence-corrected chi connectivity index (χ2v) is 6.27. The Labute approximate surface area is 128 Å². The summed E-state index contributed by atoms with van der Waals surface area (Å²) >= 11 is 5.92. The van der Waals surface area contributed by atoms with Crippen molar-refractivity contribution in [3.05, 3.63) is 28.8 Å². The van der Waals surface area contributed by atoms with E-state index in [4.69, 9.17) is 11.6 Å². The van der Waals surface area contributed by atoms with Crippen LogP contribution in [0.5, 0.6) is 0 Å². The number of aliphatic carboxylic acids is 1. The number of halogens is 1. The number of hydrogen-bond acceptors (Lipinski definition) is 3. The molecule has 1 saturated heterocycles. The van der Waals surface area contributed by atoms with E-state index >= 15 is 0 Å². The summed E-state index contributed by atoms with van der Waals surface area (Å²) in [7, 11) is 0. The lowest BCUT2D eigenvalue weighted by Crippen LogP contribution is -2.35. The smallest absolute Gasteiger partial charge is 0.310 e. The van der Waals surface area contributed by atoms with Gasteiger partial charge < -0.3 is 10.4 Å². The predicted octanol–water partition coefficient (Wildman–Crippen LogP) is 2.38. The number of carboxylic acids is 1. The molecule has 1 aliphatic heterocycles. The summed E-state index contributed by atoms with van der Waals surface area (Å²) in [5, 5.41) is 12.6. The van der Waals surface area contributed by atoms with Gasteiger partial charge in [0, 0.05) is 17.3 Å². The summed E-state index contributed by atoms with van der Waals surface area (Å²) in [5.74, 6) is -0.967. The zero-order chi connectivity index (χ0) is 15.6. The molecule has 0 radical (unpaired) electrons. The average Bonchev–Trinajstić information content (AvgIpc) is 2.77. The van der Waals surface area contributed by atoms with E-state index in [1.165, 1.54) is 0 Å². The van der Waals surface area contributed by atoms with Crippen molar-refractivity contribution in [2.45, 2.75) is 20.3 Å². The van der Waals surface area contributed by atoms with E-state index in [-0.39, 0.29) is 12.5 Å². The standard InChI is InChI=1S/C15H19ClN2O3/c1-10-3-4-11(16)7-12(10)17-13(19)8-18-6-5-15(2,9-18)14(20)21/h3-4,7H,5-6,8-9H2,1-2H3,(H,17,19)(H,20,21). The number of carbonyl (C=O) groups excluding carboxylic acids is 1. The van der Waals surface area contributed by atoms with Crippen LogP contribution in [0.2, 0.25) is 5.02 Å². The lowest BCUT2D eigenvalue weighted by molar-refractivity contribution is -0.147. The molecule has 21 heavy (non-hydrogen) atoms. The first-order chi connectivity index (χ1) is 9.80. The first kappa shape index (κ1) is 15.8. The van der Waals surface area contributed by atoms with Crippen LogP contribution in [0.4, 0.5) is 5.69 Å². The molecule has 0 saturated carbocycles. The lowest BCUT2D eigenvalue weighted by atomic mass is 9.90. The van der Waals surface area contributed by atoms with Crippen molar-refractivity contribution in [1.82, 2.24) is 4.90 Å². The van der Waals surface area contributed by atoms with E-state index in [0.717, 1.165) is 5.56 Å². The minimum absolute atomic E-state index is 0.157. The van der Waals surface area contributed by atoms with Crippen molar-refractivity contribution in [3.63, 3.8) is 0 Å². The maximum absolute atomic E-state index is 12.1. The molecule has 1 atom stereocenters. The molecule has 1 fully saturated rings. The highest BCUT2D eigenvalue weighted by molar-refractivity contribution is 6.31. The fourth-order valence-corrected chi connectivity index (χ4v) is 2.66. The fraction of sp³-hybridized carbons (Fsp3) is 0.467. The Morgan fingerprint density at radius 3 is 2.81 bits per heavy atom. The minimum atomic E-state index is -0.809. The van der Waals surface area contributed by atoms with Crippen molar-refractivity contribution in [3.8, 4) is 0 Å². The van der Waals surface area contributed by atoms with Gasteiger partial charge in [0.05, 0.1) is 12.0 Å². The summed E-state index contributed by atoms with van der Waals surface area (Å²) in [4.78, 5) is 25.1. The van der Waals surface area contributed by atoms with Gasteiger partial charge in [-0.1, -0.05) is 17.7 Å².